The molecule has 0 bridgehead atoms. The molecule has 1 heteroatoms. The first kappa shape index (κ1) is 12.4. The molecule has 0 aliphatic heterocycles. The lowest BCUT2D eigenvalue weighted by atomic mass is 10.0. The standard InChI is InChI=1S/C18H15Br/c1-13-6-8-15(9-7-13)18(19)17-11-10-14-4-2-3-5-16(14)12-17/h2-12,18H,1H3. The number of hydrogen-bond donors (Lipinski definition) is 0. The molecule has 1 unspecified atom stereocenters. The van der Waals surface area contributed by atoms with Crippen molar-refractivity contribution < 1.29 is 0 Å². The number of hydrogen-bond acceptors (Lipinski definition) is 0. The van der Waals surface area contributed by atoms with E-state index in [9.17, 15) is 0 Å². The van der Waals surface area contributed by atoms with Crippen LogP contribution < -0.4 is 0 Å². The molecule has 0 radical (unpaired) electrons. The number of aryl methyl sites for hydroxylation is 1. The summed E-state index contributed by atoms with van der Waals surface area (Å²) in [5.74, 6) is 0. The highest BCUT2D eigenvalue weighted by Crippen LogP contribution is 2.32. The molecule has 0 aromatic heterocycles. The van der Waals surface area contributed by atoms with Crippen LogP contribution in [0.3, 0.4) is 0 Å². The van der Waals surface area contributed by atoms with Crippen molar-refractivity contribution in [1.82, 2.24) is 0 Å². The van der Waals surface area contributed by atoms with Crippen molar-refractivity contribution >= 4 is 26.7 Å². The molecule has 0 fully saturated rings. The summed E-state index contributed by atoms with van der Waals surface area (Å²) in [6, 6.07) is 23.8. The van der Waals surface area contributed by atoms with Gasteiger partial charge in [-0.15, -0.1) is 0 Å². The van der Waals surface area contributed by atoms with Gasteiger partial charge in [-0.3, -0.25) is 0 Å². The van der Waals surface area contributed by atoms with Crippen LogP contribution in [-0.2, 0) is 0 Å². The molecular formula is C18H15Br. The van der Waals surface area contributed by atoms with Crippen LogP contribution >= 0.6 is 15.9 Å². The second-order valence-electron chi connectivity index (χ2n) is 4.88. The lowest BCUT2D eigenvalue weighted by Gasteiger charge is -2.12. The summed E-state index contributed by atoms with van der Waals surface area (Å²) in [7, 11) is 0. The molecule has 3 aromatic carbocycles. The molecule has 0 heterocycles. The van der Waals surface area contributed by atoms with Gasteiger partial charge in [0.2, 0.25) is 0 Å². The summed E-state index contributed by atoms with van der Waals surface area (Å²) < 4.78 is 0. The van der Waals surface area contributed by atoms with Gasteiger partial charge in [-0.2, -0.15) is 0 Å². The highest BCUT2D eigenvalue weighted by molar-refractivity contribution is 9.09. The van der Waals surface area contributed by atoms with Crippen molar-refractivity contribution in [3.8, 4) is 0 Å². The van der Waals surface area contributed by atoms with Crippen molar-refractivity contribution in [1.29, 1.82) is 0 Å². The highest BCUT2D eigenvalue weighted by Gasteiger charge is 2.10. The number of halogens is 1. The molecule has 3 aromatic rings. The zero-order valence-electron chi connectivity index (χ0n) is 10.8. The zero-order chi connectivity index (χ0) is 13.2. The van der Waals surface area contributed by atoms with Crippen LogP contribution in [0.15, 0.2) is 66.7 Å². The van der Waals surface area contributed by atoms with Gasteiger partial charge in [0.15, 0.2) is 0 Å². The Labute approximate surface area is 122 Å². The van der Waals surface area contributed by atoms with Gasteiger partial charge in [0, 0.05) is 0 Å². The van der Waals surface area contributed by atoms with E-state index < -0.39 is 0 Å². The largest absolute Gasteiger partial charge is 0.0786 e. The fraction of sp³-hybridized carbons (Fsp3) is 0.111. The summed E-state index contributed by atoms with van der Waals surface area (Å²) in [6.45, 7) is 2.11. The minimum absolute atomic E-state index is 0.248. The van der Waals surface area contributed by atoms with Crippen LogP contribution in [0.5, 0.6) is 0 Å². The summed E-state index contributed by atoms with van der Waals surface area (Å²) in [5.41, 5.74) is 3.88. The lowest BCUT2D eigenvalue weighted by molar-refractivity contribution is 1.18. The summed E-state index contributed by atoms with van der Waals surface area (Å²) >= 11 is 3.80. The number of benzene rings is 3. The monoisotopic (exact) mass is 310 g/mol. The fourth-order valence-electron chi connectivity index (χ4n) is 2.29. The first-order valence-corrected chi connectivity index (χ1v) is 7.35. The van der Waals surface area contributed by atoms with E-state index >= 15 is 0 Å². The zero-order valence-corrected chi connectivity index (χ0v) is 12.4. The minimum atomic E-state index is 0.248. The third-order valence-corrected chi connectivity index (χ3v) is 4.49. The van der Waals surface area contributed by atoms with Crippen molar-refractivity contribution in [2.45, 2.75) is 11.8 Å². The third kappa shape index (κ3) is 2.57. The molecule has 0 saturated heterocycles. The van der Waals surface area contributed by atoms with Crippen molar-refractivity contribution in [3.05, 3.63) is 83.4 Å². The quantitative estimate of drug-likeness (QED) is 0.538. The van der Waals surface area contributed by atoms with Crippen LogP contribution in [0.2, 0.25) is 0 Å². The maximum atomic E-state index is 3.80. The Morgan fingerprint density at radius 2 is 1.37 bits per heavy atom. The fourth-order valence-corrected chi connectivity index (χ4v) is 2.88. The van der Waals surface area contributed by atoms with Gasteiger partial charge in [-0.25, -0.2) is 0 Å². The predicted octanol–water partition coefficient (Wildman–Crippen LogP) is 5.63. The van der Waals surface area contributed by atoms with Crippen LogP contribution in [-0.4, -0.2) is 0 Å². The molecule has 94 valence electrons. The van der Waals surface area contributed by atoms with E-state index in [2.05, 4.69) is 89.6 Å². The summed E-state index contributed by atoms with van der Waals surface area (Å²) in [4.78, 5) is 0.248. The second-order valence-corrected chi connectivity index (χ2v) is 5.80. The number of rotatable bonds is 2. The Balaban J connectivity index is 2.01. The van der Waals surface area contributed by atoms with Gasteiger partial charge in [0.1, 0.15) is 0 Å². The smallest absolute Gasteiger partial charge is 0.0644 e. The van der Waals surface area contributed by atoms with Crippen molar-refractivity contribution in [2.24, 2.45) is 0 Å². The maximum absolute atomic E-state index is 3.80. The Bertz CT molecular complexity index is 698. The average Bonchev–Trinajstić information content (AvgIpc) is 2.47. The molecule has 0 spiro atoms. The molecule has 0 amide bonds. The van der Waals surface area contributed by atoms with Crippen LogP contribution in [0, 0.1) is 6.92 Å². The van der Waals surface area contributed by atoms with E-state index in [1.807, 2.05) is 0 Å². The van der Waals surface area contributed by atoms with Gasteiger partial charge in [-0.1, -0.05) is 82.2 Å². The Morgan fingerprint density at radius 1 is 0.737 bits per heavy atom. The van der Waals surface area contributed by atoms with E-state index in [0.29, 0.717) is 0 Å². The van der Waals surface area contributed by atoms with Gasteiger partial charge in [0.05, 0.1) is 4.83 Å². The van der Waals surface area contributed by atoms with Gasteiger partial charge in [0.25, 0.3) is 0 Å². The Hall–Kier alpha value is -1.60. The molecule has 0 N–H and O–H groups in total. The van der Waals surface area contributed by atoms with E-state index in [0.717, 1.165) is 0 Å². The van der Waals surface area contributed by atoms with Crippen LogP contribution in [0.1, 0.15) is 21.5 Å². The summed E-state index contributed by atoms with van der Waals surface area (Å²) in [6.07, 6.45) is 0. The predicted molar refractivity (Wildman–Crippen MR) is 85.9 cm³/mol. The molecule has 0 aliphatic rings. The van der Waals surface area contributed by atoms with Crippen molar-refractivity contribution in [2.75, 3.05) is 0 Å². The summed E-state index contributed by atoms with van der Waals surface area (Å²) in [5, 5.41) is 2.58. The molecule has 1 atom stereocenters. The second kappa shape index (κ2) is 5.18. The normalized spacial score (nSPS) is 12.5. The average molecular weight is 311 g/mol. The first-order valence-electron chi connectivity index (χ1n) is 6.43. The van der Waals surface area contributed by atoms with E-state index in [1.165, 1.54) is 27.5 Å². The number of alkyl halides is 1. The topological polar surface area (TPSA) is 0 Å². The lowest BCUT2D eigenvalue weighted by Crippen LogP contribution is -1.92. The Kier molecular flexibility index (Phi) is 3.39. The Morgan fingerprint density at radius 3 is 2.11 bits per heavy atom. The van der Waals surface area contributed by atoms with E-state index in [1.54, 1.807) is 0 Å². The molecular weight excluding hydrogens is 296 g/mol. The molecule has 19 heavy (non-hydrogen) atoms. The van der Waals surface area contributed by atoms with E-state index in [4.69, 9.17) is 0 Å². The molecule has 3 rings (SSSR count). The highest BCUT2D eigenvalue weighted by atomic mass is 79.9. The van der Waals surface area contributed by atoms with Crippen molar-refractivity contribution in [3.63, 3.8) is 0 Å². The van der Waals surface area contributed by atoms with Gasteiger partial charge < -0.3 is 0 Å². The number of fused-ring (bicyclic) bond motifs is 1. The maximum Gasteiger partial charge on any atom is 0.0644 e. The van der Waals surface area contributed by atoms with Gasteiger partial charge in [-0.05, 0) is 34.9 Å². The third-order valence-electron chi connectivity index (χ3n) is 3.44. The van der Waals surface area contributed by atoms with Crippen LogP contribution in [0.4, 0.5) is 0 Å². The molecule has 0 aliphatic carbocycles. The molecule has 0 nitrogen and oxygen atoms in total. The van der Waals surface area contributed by atoms with Gasteiger partial charge >= 0.3 is 0 Å². The van der Waals surface area contributed by atoms with E-state index in [-0.39, 0.29) is 4.83 Å². The molecule has 0 saturated carbocycles. The first-order chi connectivity index (χ1) is 9.24. The SMILES string of the molecule is Cc1ccc(C(Br)c2ccc3ccccc3c2)cc1. The minimum Gasteiger partial charge on any atom is -0.0786 e. The van der Waals surface area contributed by atoms with Crippen LogP contribution in [0.25, 0.3) is 10.8 Å².